The molecular formula is C8H10F3O. The SMILES string of the molecule is FC(F)(F)[CH]C[C@H]1CCC=CO1. The summed E-state index contributed by atoms with van der Waals surface area (Å²) in [5.74, 6) is 0. The zero-order valence-electron chi connectivity index (χ0n) is 6.47. The van der Waals surface area contributed by atoms with Gasteiger partial charge < -0.3 is 4.74 Å². The summed E-state index contributed by atoms with van der Waals surface area (Å²) < 4.78 is 40.0. The minimum absolute atomic E-state index is 0.0478. The lowest BCUT2D eigenvalue weighted by Gasteiger charge is -2.19. The third-order valence-corrected chi connectivity index (χ3v) is 1.63. The van der Waals surface area contributed by atoms with Gasteiger partial charge in [-0.1, -0.05) is 0 Å². The van der Waals surface area contributed by atoms with E-state index in [1.807, 2.05) is 6.08 Å². The van der Waals surface area contributed by atoms with Crippen molar-refractivity contribution < 1.29 is 17.9 Å². The predicted octanol–water partition coefficient (Wildman–Crippen LogP) is 2.84. The summed E-state index contributed by atoms with van der Waals surface area (Å²) in [5, 5.41) is 0. The molecule has 0 bridgehead atoms. The molecule has 0 aromatic rings. The quantitative estimate of drug-likeness (QED) is 0.633. The summed E-state index contributed by atoms with van der Waals surface area (Å²) in [6.45, 7) is 0. The fraction of sp³-hybridized carbons (Fsp3) is 0.625. The van der Waals surface area contributed by atoms with E-state index in [9.17, 15) is 13.2 Å². The van der Waals surface area contributed by atoms with Gasteiger partial charge in [0, 0.05) is 0 Å². The number of rotatable bonds is 2. The molecule has 1 nitrogen and oxygen atoms in total. The normalized spacial score (nSPS) is 23.8. The van der Waals surface area contributed by atoms with Gasteiger partial charge in [-0.15, -0.1) is 0 Å². The van der Waals surface area contributed by atoms with E-state index in [0.29, 0.717) is 12.8 Å². The van der Waals surface area contributed by atoms with Crippen LogP contribution in [0.1, 0.15) is 19.3 Å². The molecule has 0 fully saturated rings. The average Bonchev–Trinajstić information content (AvgIpc) is 2.02. The van der Waals surface area contributed by atoms with E-state index in [2.05, 4.69) is 0 Å². The van der Waals surface area contributed by atoms with E-state index >= 15 is 0 Å². The summed E-state index contributed by atoms with van der Waals surface area (Å²) >= 11 is 0. The summed E-state index contributed by atoms with van der Waals surface area (Å²) in [5.41, 5.74) is 0. The van der Waals surface area contributed by atoms with Crippen molar-refractivity contribution in [1.29, 1.82) is 0 Å². The second-order valence-electron chi connectivity index (χ2n) is 2.69. The van der Waals surface area contributed by atoms with Gasteiger partial charge in [0.25, 0.3) is 0 Å². The van der Waals surface area contributed by atoms with Crippen LogP contribution in [-0.4, -0.2) is 12.3 Å². The van der Waals surface area contributed by atoms with Gasteiger partial charge in [0.15, 0.2) is 0 Å². The van der Waals surface area contributed by atoms with Crippen molar-refractivity contribution in [3.63, 3.8) is 0 Å². The monoisotopic (exact) mass is 179 g/mol. The van der Waals surface area contributed by atoms with Crippen molar-refractivity contribution in [3.8, 4) is 0 Å². The van der Waals surface area contributed by atoms with E-state index in [-0.39, 0.29) is 12.5 Å². The van der Waals surface area contributed by atoms with Gasteiger partial charge in [-0.05, 0) is 25.3 Å². The number of halogens is 3. The Balaban J connectivity index is 2.19. The first-order valence-corrected chi connectivity index (χ1v) is 3.79. The number of hydrogen-bond acceptors (Lipinski definition) is 1. The molecule has 0 N–H and O–H groups in total. The molecule has 0 aromatic heterocycles. The first-order chi connectivity index (χ1) is 5.58. The van der Waals surface area contributed by atoms with E-state index in [1.165, 1.54) is 6.26 Å². The Hall–Kier alpha value is -0.670. The largest absolute Gasteiger partial charge is 0.498 e. The zero-order valence-corrected chi connectivity index (χ0v) is 6.47. The molecule has 1 aliphatic heterocycles. The van der Waals surface area contributed by atoms with Crippen LogP contribution in [0.2, 0.25) is 0 Å². The Morgan fingerprint density at radius 2 is 2.25 bits per heavy atom. The minimum Gasteiger partial charge on any atom is -0.498 e. The molecule has 0 saturated heterocycles. The first-order valence-electron chi connectivity index (χ1n) is 3.79. The molecule has 0 spiro atoms. The third-order valence-electron chi connectivity index (χ3n) is 1.63. The Kier molecular flexibility index (Phi) is 3.00. The molecular weight excluding hydrogens is 169 g/mol. The standard InChI is InChI=1S/C8H10F3O/c9-8(10,11)5-4-7-3-1-2-6-12-7/h2,5-7H,1,3-4H2/t7-/m1/s1. The maximum absolute atomic E-state index is 11.7. The molecule has 0 aliphatic carbocycles. The van der Waals surface area contributed by atoms with Crippen molar-refractivity contribution in [2.75, 3.05) is 0 Å². The lowest BCUT2D eigenvalue weighted by Crippen LogP contribution is -2.18. The van der Waals surface area contributed by atoms with Crippen LogP contribution in [0.25, 0.3) is 0 Å². The summed E-state index contributed by atoms with van der Waals surface area (Å²) in [7, 11) is 0. The van der Waals surface area contributed by atoms with Crippen molar-refractivity contribution in [2.45, 2.75) is 31.5 Å². The number of allylic oxidation sites excluding steroid dienone is 1. The minimum atomic E-state index is -4.18. The van der Waals surface area contributed by atoms with Crippen LogP contribution < -0.4 is 0 Å². The van der Waals surface area contributed by atoms with Crippen molar-refractivity contribution in [1.82, 2.24) is 0 Å². The molecule has 1 aliphatic rings. The smallest absolute Gasteiger partial charge is 0.392 e. The molecule has 0 saturated carbocycles. The van der Waals surface area contributed by atoms with Crippen LogP contribution in [0, 0.1) is 6.42 Å². The Labute approximate surface area is 69.2 Å². The van der Waals surface area contributed by atoms with Gasteiger partial charge in [-0.3, -0.25) is 0 Å². The van der Waals surface area contributed by atoms with E-state index in [1.54, 1.807) is 0 Å². The Bertz CT molecular complexity index is 162. The molecule has 1 radical (unpaired) electrons. The fourth-order valence-corrected chi connectivity index (χ4v) is 1.02. The number of alkyl halides is 3. The van der Waals surface area contributed by atoms with Crippen LogP contribution >= 0.6 is 0 Å². The van der Waals surface area contributed by atoms with Crippen LogP contribution in [0.15, 0.2) is 12.3 Å². The molecule has 12 heavy (non-hydrogen) atoms. The van der Waals surface area contributed by atoms with Crippen molar-refractivity contribution >= 4 is 0 Å². The van der Waals surface area contributed by atoms with Gasteiger partial charge in [0.05, 0.1) is 18.8 Å². The maximum Gasteiger partial charge on any atom is 0.392 e. The molecule has 69 valence electrons. The summed E-state index contributed by atoms with van der Waals surface area (Å²) in [6.07, 6.45) is 0.577. The van der Waals surface area contributed by atoms with E-state index in [4.69, 9.17) is 4.74 Å². The Morgan fingerprint density at radius 3 is 2.75 bits per heavy atom. The predicted molar refractivity (Wildman–Crippen MR) is 38.2 cm³/mol. The van der Waals surface area contributed by atoms with Crippen LogP contribution in [0.4, 0.5) is 13.2 Å². The number of hydrogen-bond donors (Lipinski definition) is 0. The number of ether oxygens (including phenoxy) is 1. The van der Waals surface area contributed by atoms with Gasteiger partial charge in [-0.25, -0.2) is 0 Å². The Morgan fingerprint density at radius 1 is 1.50 bits per heavy atom. The highest BCUT2D eigenvalue weighted by Gasteiger charge is 2.29. The first kappa shape index (κ1) is 9.42. The van der Waals surface area contributed by atoms with E-state index in [0.717, 1.165) is 6.42 Å². The topological polar surface area (TPSA) is 9.23 Å². The average molecular weight is 179 g/mol. The van der Waals surface area contributed by atoms with E-state index < -0.39 is 6.18 Å². The highest BCUT2D eigenvalue weighted by Crippen LogP contribution is 2.24. The second-order valence-corrected chi connectivity index (χ2v) is 2.69. The molecule has 1 rings (SSSR count). The van der Waals surface area contributed by atoms with Gasteiger partial charge >= 0.3 is 6.18 Å². The van der Waals surface area contributed by atoms with Gasteiger partial charge in [-0.2, -0.15) is 13.2 Å². The van der Waals surface area contributed by atoms with Gasteiger partial charge in [0.2, 0.25) is 0 Å². The summed E-state index contributed by atoms with van der Waals surface area (Å²) in [4.78, 5) is 0. The maximum atomic E-state index is 11.7. The molecule has 1 atom stereocenters. The highest BCUT2D eigenvalue weighted by atomic mass is 19.4. The fourth-order valence-electron chi connectivity index (χ4n) is 1.02. The van der Waals surface area contributed by atoms with Gasteiger partial charge in [0.1, 0.15) is 0 Å². The lowest BCUT2D eigenvalue weighted by atomic mass is 10.1. The summed E-state index contributed by atoms with van der Waals surface area (Å²) in [6, 6.07) is 0. The molecule has 0 amide bonds. The molecule has 0 unspecified atom stereocenters. The van der Waals surface area contributed by atoms with Crippen molar-refractivity contribution in [3.05, 3.63) is 18.8 Å². The molecule has 4 heteroatoms. The highest BCUT2D eigenvalue weighted by molar-refractivity contribution is 4.86. The zero-order chi connectivity index (χ0) is 9.03. The van der Waals surface area contributed by atoms with Crippen LogP contribution in [-0.2, 0) is 4.74 Å². The second kappa shape index (κ2) is 3.83. The third kappa shape index (κ3) is 3.64. The van der Waals surface area contributed by atoms with Crippen LogP contribution in [0.3, 0.4) is 0 Å². The molecule has 1 heterocycles. The van der Waals surface area contributed by atoms with Crippen molar-refractivity contribution in [2.24, 2.45) is 0 Å². The lowest BCUT2D eigenvalue weighted by molar-refractivity contribution is -0.102. The van der Waals surface area contributed by atoms with Crippen LogP contribution in [0.5, 0.6) is 0 Å². The molecule has 0 aromatic carbocycles.